The van der Waals surface area contributed by atoms with Crippen molar-refractivity contribution in [1.29, 1.82) is 0 Å². The first-order valence-corrected chi connectivity index (χ1v) is 5.33. The molecule has 0 N–H and O–H groups in total. The molecule has 1 unspecified atom stereocenters. The van der Waals surface area contributed by atoms with Crippen LogP contribution < -0.4 is 0 Å². The van der Waals surface area contributed by atoms with Gasteiger partial charge in [0.1, 0.15) is 0 Å². The van der Waals surface area contributed by atoms with Crippen LogP contribution in [-0.2, 0) is 14.3 Å². The Labute approximate surface area is 88.8 Å². The maximum absolute atomic E-state index is 11.8. The van der Waals surface area contributed by atoms with Crippen LogP contribution in [0.4, 0.5) is 0 Å². The highest BCUT2D eigenvalue weighted by molar-refractivity contribution is 6.05. The number of rotatable bonds is 0. The molecule has 1 aliphatic carbocycles. The topological polar surface area (TPSA) is 43.4 Å². The zero-order chi connectivity index (χ0) is 10.7. The van der Waals surface area contributed by atoms with E-state index in [-0.39, 0.29) is 11.8 Å². The molecule has 2 rings (SSSR count). The molecule has 0 aromatic carbocycles. The third-order valence-corrected chi connectivity index (χ3v) is 2.95. The number of carbonyl (C=O) groups is 2. The normalized spacial score (nSPS) is 33.3. The van der Waals surface area contributed by atoms with Crippen molar-refractivity contribution in [2.24, 2.45) is 0 Å². The van der Waals surface area contributed by atoms with Gasteiger partial charge in [0.2, 0.25) is 0 Å². The van der Waals surface area contributed by atoms with Gasteiger partial charge in [-0.15, -0.1) is 0 Å². The van der Waals surface area contributed by atoms with Gasteiger partial charge in [0.25, 0.3) is 0 Å². The fraction of sp³-hybridized carbons (Fsp3) is 0.500. The minimum absolute atomic E-state index is 0.0580. The summed E-state index contributed by atoms with van der Waals surface area (Å²) in [6.45, 7) is 0. The minimum Gasteiger partial charge on any atom is -0.447 e. The Kier molecular flexibility index (Phi) is 2.71. The molecule has 0 radical (unpaired) electrons. The predicted molar refractivity (Wildman–Crippen MR) is 55.2 cm³/mol. The van der Waals surface area contributed by atoms with Crippen LogP contribution in [0.15, 0.2) is 24.3 Å². The summed E-state index contributed by atoms with van der Waals surface area (Å²) in [7, 11) is 0. The van der Waals surface area contributed by atoms with Crippen molar-refractivity contribution in [2.75, 3.05) is 0 Å². The van der Waals surface area contributed by atoms with Crippen LogP contribution in [0, 0.1) is 0 Å². The number of hydrogen-bond acceptors (Lipinski definition) is 3. The summed E-state index contributed by atoms with van der Waals surface area (Å²) in [5, 5.41) is 0. The Bertz CT molecular complexity index is 341. The average molecular weight is 206 g/mol. The Morgan fingerprint density at radius 3 is 2.73 bits per heavy atom. The number of ether oxygens (including phenoxy) is 1. The van der Waals surface area contributed by atoms with Crippen molar-refractivity contribution in [3.05, 3.63) is 24.3 Å². The molecule has 0 fully saturated rings. The SMILES string of the molecule is O=C1C=CC(=O)C2(CC/C=C\CCC2)O1. The highest BCUT2D eigenvalue weighted by Crippen LogP contribution is 2.31. The lowest BCUT2D eigenvalue weighted by atomic mass is 9.84. The molecule has 0 bridgehead atoms. The first-order valence-electron chi connectivity index (χ1n) is 5.33. The molecular weight excluding hydrogens is 192 g/mol. The van der Waals surface area contributed by atoms with E-state index in [1.54, 1.807) is 0 Å². The van der Waals surface area contributed by atoms with E-state index in [0.29, 0.717) is 12.8 Å². The lowest BCUT2D eigenvalue weighted by Crippen LogP contribution is -2.44. The second kappa shape index (κ2) is 4.01. The summed E-state index contributed by atoms with van der Waals surface area (Å²) in [5.74, 6) is -0.448. The summed E-state index contributed by atoms with van der Waals surface area (Å²) < 4.78 is 5.25. The highest BCUT2D eigenvalue weighted by Gasteiger charge is 2.41. The molecule has 15 heavy (non-hydrogen) atoms. The average Bonchev–Trinajstić information content (AvgIpc) is 2.18. The summed E-state index contributed by atoms with van der Waals surface area (Å²) >= 11 is 0. The number of allylic oxidation sites excluding steroid dienone is 2. The molecule has 1 atom stereocenters. The van der Waals surface area contributed by atoms with E-state index in [9.17, 15) is 9.59 Å². The molecule has 80 valence electrons. The Morgan fingerprint density at radius 1 is 1.07 bits per heavy atom. The van der Waals surface area contributed by atoms with E-state index in [0.717, 1.165) is 19.3 Å². The van der Waals surface area contributed by atoms with Crippen LogP contribution in [-0.4, -0.2) is 17.4 Å². The molecule has 2 aliphatic rings. The van der Waals surface area contributed by atoms with Crippen LogP contribution in [0.2, 0.25) is 0 Å². The Morgan fingerprint density at radius 2 is 1.87 bits per heavy atom. The van der Waals surface area contributed by atoms with Gasteiger partial charge in [-0.2, -0.15) is 0 Å². The van der Waals surface area contributed by atoms with Gasteiger partial charge in [0.15, 0.2) is 11.4 Å². The van der Waals surface area contributed by atoms with Crippen LogP contribution in [0.5, 0.6) is 0 Å². The first-order chi connectivity index (χ1) is 7.23. The zero-order valence-corrected chi connectivity index (χ0v) is 8.57. The van der Waals surface area contributed by atoms with Crippen molar-refractivity contribution >= 4 is 11.8 Å². The van der Waals surface area contributed by atoms with Gasteiger partial charge in [-0.1, -0.05) is 12.2 Å². The quantitative estimate of drug-likeness (QED) is 0.449. The molecule has 3 nitrogen and oxygen atoms in total. The second-order valence-electron chi connectivity index (χ2n) is 4.02. The van der Waals surface area contributed by atoms with Gasteiger partial charge < -0.3 is 4.74 Å². The molecule has 1 aliphatic heterocycles. The van der Waals surface area contributed by atoms with E-state index in [2.05, 4.69) is 12.2 Å². The second-order valence-corrected chi connectivity index (χ2v) is 4.02. The van der Waals surface area contributed by atoms with Gasteiger partial charge in [-0.05, 0) is 38.2 Å². The number of hydrogen-bond donors (Lipinski definition) is 0. The molecule has 1 heterocycles. The van der Waals surface area contributed by atoms with Crippen LogP contribution >= 0.6 is 0 Å². The van der Waals surface area contributed by atoms with Crippen LogP contribution in [0.1, 0.15) is 32.1 Å². The van der Waals surface area contributed by atoms with Gasteiger partial charge >= 0.3 is 5.97 Å². The van der Waals surface area contributed by atoms with Crippen LogP contribution in [0.25, 0.3) is 0 Å². The molecule has 0 saturated carbocycles. The van der Waals surface area contributed by atoms with Gasteiger partial charge in [0.05, 0.1) is 0 Å². The fourth-order valence-corrected chi connectivity index (χ4v) is 2.10. The molecule has 3 heteroatoms. The molecule has 0 aromatic heterocycles. The van der Waals surface area contributed by atoms with Crippen molar-refractivity contribution in [2.45, 2.75) is 37.7 Å². The third kappa shape index (κ3) is 2.01. The monoisotopic (exact) mass is 206 g/mol. The molecule has 0 aromatic rings. The lowest BCUT2D eigenvalue weighted by Gasteiger charge is -2.33. The van der Waals surface area contributed by atoms with Gasteiger partial charge in [-0.3, -0.25) is 4.79 Å². The van der Waals surface area contributed by atoms with E-state index >= 15 is 0 Å². The zero-order valence-electron chi connectivity index (χ0n) is 8.57. The highest BCUT2D eigenvalue weighted by atomic mass is 16.6. The molecular formula is C12H14O3. The van der Waals surface area contributed by atoms with Crippen LogP contribution in [0.3, 0.4) is 0 Å². The van der Waals surface area contributed by atoms with Crippen molar-refractivity contribution < 1.29 is 14.3 Å². The maximum atomic E-state index is 11.8. The van der Waals surface area contributed by atoms with E-state index in [1.165, 1.54) is 12.2 Å². The maximum Gasteiger partial charge on any atom is 0.331 e. The number of carbonyl (C=O) groups excluding carboxylic acids is 2. The third-order valence-electron chi connectivity index (χ3n) is 2.95. The number of ketones is 1. The summed E-state index contributed by atoms with van der Waals surface area (Å²) in [6.07, 6.45) is 10.6. The molecule has 0 amide bonds. The predicted octanol–water partition coefficient (Wildman–Crippen LogP) is 1.93. The summed E-state index contributed by atoms with van der Waals surface area (Å²) in [5.41, 5.74) is -0.864. The van der Waals surface area contributed by atoms with Gasteiger partial charge in [0, 0.05) is 6.08 Å². The molecule has 1 spiro atoms. The Hall–Kier alpha value is -1.38. The smallest absolute Gasteiger partial charge is 0.331 e. The van der Waals surface area contributed by atoms with E-state index < -0.39 is 5.60 Å². The van der Waals surface area contributed by atoms with E-state index in [1.807, 2.05) is 0 Å². The fourth-order valence-electron chi connectivity index (χ4n) is 2.10. The van der Waals surface area contributed by atoms with Crippen molar-refractivity contribution in [1.82, 2.24) is 0 Å². The minimum atomic E-state index is -0.864. The van der Waals surface area contributed by atoms with E-state index in [4.69, 9.17) is 4.74 Å². The standard InChI is InChI=1S/C12H14O3/c13-10-6-7-11(14)15-12(10)8-4-2-1-3-5-9-12/h1-2,6-7H,3-5,8-9H2/b2-1-. The van der Waals surface area contributed by atoms with Gasteiger partial charge in [-0.25, -0.2) is 4.79 Å². The lowest BCUT2D eigenvalue weighted by molar-refractivity contribution is -0.165. The molecule has 0 saturated heterocycles. The number of esters is 1. The van der Waals surface area contributed by atoms with Crippen molar-refractivity contribution in [3.63, 3.8) is 0 Å². The summed E-state index contributed by atoms with van der Waals surface area (Å²) in [4.78, 5) is 23.0. The first kappa shape index (κ1) is 10.1. The van der Waals surface area contributed by atoms with Crippen molar-refractivity contribution in [3.8, 4) is 0 Å². The summed E-state index contributed by atoms with van der Waals surface area (Å²) in [6, 6.07) is 0. The largest absolute Gasteiger partial charge is 0.447 e. The Balaban J connectivity index is 2.22.